The van der Waals surface area contributed by atoms with Gasteiger partial charge in [-0.3, -0.25) is 24.0 Å². The molecule has 49 heteroatoms. The molecule has 11 N–H and O–H groups in total. The van der Waals surface area contributed by atoms with Gasteiger partial charge in [-0.1, -0.05) is 65.2 Å². The van der Waals surface area contributed by atoms with Gasteiger partial charge < -0.3 is 157 Å². The molecule has 49 nitrogen and oxygen atoms in total. The Morgan fingerprint density at radius 2 is 0.789 bits per heavy atom. The summed E-state index contributed by atoms with van der Waals surface area (Å²) < 4.78 is 126. The minimum Gasteiger partial charge on any atom is -0.445 e. The number of carbonyl (C=O) groups excluding carboxylic acids is 6. The van der Waals surface area contributed by atoms with Crippen molar-refractivity contribution in [2.45, 2.75) is 227 Å². The lowest BCUT2D eigenvalue weighted by atomic mass is 9.88. The number of aliphatic hydroxyl groups excluding tert-OH is 6. The molecule has 1 aromatic carbocycles. The molecule has 10 rings (SSSR count). The highest BCUT2D eigenvalue weighted by molar-refractivity contribution is 5.78. The van der Waals surface area contributed by atoms with E-state index in [1.807, 2.05) is 30.3 Å². The molecular weight excluding hydrogens is 1760 g/mol. The summed E-state index contributed by atoms with van der Waals surface area (Å²) in [6.45, 7) is 9.94. The number of aromatic nitrogens is 9. The maximum absolute atomic E-state index is 14.3. The van der Waals surface area contributed by atoms with Crippen molar-refractivity contribution in [2.75, 3.05) is 198 Å². The predicted octanol–water partition coefficient (Wildman–Crippen LogP) is -3.19. The number of ether oxygens (including phenoxy) is 21. The second kappa shape index (κ2) is 58.2. The van der Waals surface area contributed by atoms with E-state index in [2.05, 4.69) is 57.5 Å². The summed E-state index contributed by atoms with van der Waals surface area (Å²) in [5.41, 5.74) is -1.54. The zero-order chi connectivity index (χ0) is 94.4. The topological polar surface area (TPSA) is 588 Å². The van der Waals surface area contributed by atoms with Crippen molar-refractivity contribution in [1.82, 2.24) is 71.6 Å². The molecule has 0 spiro atoms. The number of carbonyl (C=O) groups is 6. The van der Waals surface area contributed by atoms with Gasteiger partial charge in [0.15, 0.2) is 12.6 Å². The van der Waals surface area contributed by atoms with Crippen LogP contribution in [0.25, 0.3) is 0 Å². The first kappa shape index (κ1) is 107. The number of amides is 5. The molecule has 5 amide bonds. The number of nitrogens with one attached hydrogen (secondary N) is 5. The number of aliphatic hydroxyl groups is 6. The molecule has 3 aromatic heterocycles. The normalized spacial score (nSPS) is 25.1. The van der Waals surface area contributed by atoms with Crippen LogP contribution in [-0.2, 0) is 179 Å². The zero-order valence-electron chi connectivity index (χ0n) is 75.8. The summed E-state index contributed by atoms with van der Waals surface area (Å²) in [6, 6.07) is 6.54. The summed E-state index contributed by atoms with van der Waals surface area (Å²) in [5, 5.41) is 104. The van der Waals surface area contributed by atoms with Gasteiger partial charge in [0, 0.05) is 46.6 Å². The van der Waals surface area contributed by atoms with Gasteiger partial charge in [0.2, 0.25) is 29.9 Å². The molecule has 6 bridgehead atoms. The lowest BCUT2D eigenvalue weighted by Gasteiger charge is -2.42. The molecule has 0 radical (unpaired) electrons. The monoisotopic (exact) mass is 1900 g/mol. The Morgan fingerprint density at radius 3 is 1.20 bits per heavy atom. The largest absolute Gasteiger partial charge is 0.445 e. The Labute approximate surface area is 769 Å². The standard InChI is InChI=1S/C84H134N14O35/c1-59(99)86-68-71(104)74(107)82(56-127-77(68)129-82)54-120-41-38-117-35-32-114-29-26-111-23-20-96-44-63(90-93-96)48-123-51-81(89-67(103)18-12-5-4-10-16-66(102)17-11-7-13-19-85-80(110)126-47-62-14-8-6-9-15-62,52-124-49-64-45-97(94-91-64)21-24-112-27-30-115-33-36-118-39-42-121-55-83-57-128-78(130-83)69(87-60(2)100)72(105)75(83)108)53-125-50-65-46-98(95-92-65)22-25-113-28-31-116-34-37-119-40-43-122-58-84-76(109)73(106)70(88-61(3)101)79(131-84)132-133-84/h6,8-9,14-15,44-46,68-79,104-109H,4-5,7,10-13,16-43,47-58H2,1-3H3,(H,85,110)(H,86,99)(H,87,100)(H,88,101)(H,89,103)/t68-,69-,70-,71-,72-,73-,74-,75-,76-,77+,78+,79-,82+,83+,84+/m1/s1. The second-order valence-corrected chi connectivity index (χ2v) is 32.8. The minimum atomic E-state index is -1.78. The van der Waals surface area contributed by atoms with E-state index < -0.39 is 120 Å². The molecule has 133 heavy (non-hydrogen) atoms. The van der Waals surface area contributed by atoms with Crippen LogP contribution in [0.4, 0.5) is 4.79 Å². The fourth-order valence-corrected chi connectivity index (χ4v) is 14.9. The third kappa shape index (κ3) is 36.3. The van der Waals surface area contributed by atoms with Gasteiger partial charge in [0.25, 0.3) is 5.79 Å². The van der Waals surface area contributed by atoms with Gasteiger partial charge in [0.1, 0.15) is 108 Å². The second-order valence-electron chi connectivity index (χ2n) is 32.8. The van der Waals surface area contributed by atoms with Crippen LogP contribution in [0.2, 0.25) is 0 Å². The maximum atomic E-state index is 14.3. The summed E-state index contributed by atoms with van der Waals surface area (Å²) >= 11 is 0. The summed E-state index contributed by atoms with van der Waals surface area (Å²) in [4.78, 5) is 84.5. The Hall–Kier alpha value is -7.66. The Balaban J connectivity index is 0.654. The molecule has 750 valence electrons. The number of hydrogen-bond acceptors (Lipinski definition) is 41. The number of benzene rings is 1. The summed E-state index contributed by atoms with van der Waals surface area (Å²) in [6.07, 6.45) is -0.838. The van der Waals surface area contributed by atoms with E-state index in [-0.39, 0.29) is 196 Å². The molecule has 0 saturated carbocycles. The highest BCUT2D eigenvalue weighted by atomic mass is 17.3. The van der Waals surface area contributed by atoms with E-state index >= 15 is 0 Å². The first-order valence-electron chi connectivity index (χ1n) is 45.2. The van der Waals surface area contributed by atoms with E-state index in [0.717, 1.165) is 18.4 Å². The van der Waals surface area contributed by atoms with Crippen LogP contribution in [0.15, 0.2) is 48.9 Å². The van der Waals surface area contributed by atoms with Gasteiger partial charge in [0.05, 0.1) is 243 Å². The molecule has 6 saturated heterocycles. The van der Waals surface area contributed by atoms with Crippen LogP contribution >= 0.6 is 0 Å². The number of fused-ring (bicyclic) bond motifs is 6. The molecule has 6 aliphatic rings. The third-order valence-electron chi connectivity index (χ3n) is 21.9. The van der Waals surface area contributed by atoms with Crippen LogP contribution in [0.1, 0.15) is 108 Å². The first-order valence-corrected chi connectivity index (χ1v) is 45.2. The van der Waals surface area contributed by atoms with Gasteiger partial charge in [-0.25, -0.2) is 18.8 Å². The summed E-state index contributed by atoms with van der Waals surface area (Å²) in [7, 11) is 0. The van der Waals surface area contributed by atoms with E-state index in [0.29, 0.717) is 128 Å². The molecule has 15 atom stereocenters. The molecule has 6 fully saturated rings. The van der Waals surface area contributed by atoms with Crippen molar-refractivity contribution in [3.63, 3.8) is 0 Å². The average Bonchev–Trinajstić information content (AvgIpc) is 1.62. The fourth-order valence-electron chi connectivity index (χ4n) is 14.9. The van der Waals surface area contributed by atoms with Gasteiger partial charge in [-0.15, -0.1) is 15.3 Å². The van der Waals surface area contributed by atoms with Crippen molar-refractivity contribution >= 4 is 35.5 Å². The van der Waals surface area contributed by atoms with Crippen molar-refractivity contribution in [1.29, 1.82) is 0 Å². The number of rotatable bonds is 73. The molecule has 6 aliphatic heterocycles. The Bertz CT molecular complexity index is 3690. The van der Waals surface area contributed by atoms with Crippen LogP contribution in [0.3, 0.4) is 0 Å². The van der Waals surface area contributed by atoms with E-state index in [4.69, 9.17) is 109 Å². The van der Waals surface area contributed by atoms with E-state index in [9.17, 15) is 59.4 Å². The molecule has 0 aliphatic carbocycles. The minimum absolute atomic E-state index is 0.0209. The number of unbranched alkanes of at least 4 members (excludes halogenated alkanes) is 5. The smallest absolute Gasteiger partial charge is 0.407 e. The van der Waals surface area contributed by atoms with Gasteiger partial charge in [-0.2, -0.15) is 9.78 Å². The van der Waals surface area contributed by atoms with Crippen LogP contribution < -0.4 is 26.6 Å². The predicted molar refractivity (Wildman–Crippen MR) is 451 cm³/mol. The lowest BCUT2D eigenvalue weighted by molar-refractivity contribution is -0.358. The highest BCUT2D eigenvalue weighted by Crippen LogP contribution is 2.41. The quantitative estimate of drug-likeness (QED) is 0.0153. The Morgan fingerprint density at radius 1 is 0.421 bits per heavy atom. The van der Waals surface area contributed by atoms with Crippen molar-refractivity contribution in [2.24, 2.45) is 0 Å². The molecular formula is C84H134N14O35. The van der Waals surface area contributed by atoms with Crippen molar-refractivity contribution in [3.8, 4) is 0 Å². The number of ketones is 1. The van der Waals surface area contributed by atoms with Gasteiger partial charge in [-0.05, 0) is 31.2 Å². The van der Waals surface area contributed by atoms with Crippen molar-refractivity contribution < 1.29 is 169 Å². The van der Waals surface area contributed by atoms with Gasteiger partial charge >= 0.3 is 6.09 Å². The van der Waals surface area contributed by atoms with Crippen molar-refractivity contribution in [3.05, 3.63) is 71.6 Å². The van der Waals surface area contributed by atoms with Crippen LogP contribution in [0.5, 0.6) is 0 Å². The summed E-state index contributed by atoms with van der Waals surface area (Å²) in [5.74, 6) is -3.16. The molecule has 4 aromatic rings. The van der Waals surface area contributed by atoms with E-state index in [1.54, 1.807) is 32.6 Å². The number of alkyl carbamates (subject to hydrolysis) is 1. The zero-order valence-corrected chi connectivity index (χ0v) is 75.8. The first-order chi connectivity index (χ1) is 64.5. The highest BCUT2D eigenvalue weighted by Gasteiger charge is 2.63. The van der Waals surface area contributed by atoms with Crippen LogP contribution in [-0.4, -0.2) is 405 Å². The SMILES string of the molecule is CC(=O)N[C@H]1[C@H]2OC[C@](COCCOCCOCCOCCn3cc(COCC(COCc4cn(CCOCCOCCOCCOC[C@@]56CO[C@@H](O5)[C@H](NC(C)=O)[C@@H](O)[C@H]6O)nn4)(COCc4cn(CCOCCOCCOCCOC[C@@]56OO[C@@H](O5)[C@H](NC(C)=O)[C@@H](O)[C@H]6O)nn4)NC(=O)CCCCCCC(=O)CCCCCNC(=O)OCc4ccccc4)nn3)(O2)[C@H](O)[C@@H]1O. The number of nitrogens with zero attached hydrogens (tertiary/aromatic N) is 9. The molecule has 9 heterocycles. The molecule has 0 unspecified atom stereocenters. The third-order valence-corrected chi connectivity index (χ3v) is 21.9. The van der Waals surface area contributed by atoms with E-state index in [1.165, 1.54) is 20.8 Å². The van der Waals surface area contributed by atoms with Crippen LogP contribution in [0, 0.1) is 0 Å². The number of Topliss-reactive ketones (excluding diaryl/α,β-unsaturated/α-hetero) is 1. The number of hydrogen-bond donors (Lipinski definition) is 11. The average molecular weight is 1900 g/mol. The Kier molecular flexibility index (Phi) is 47.0. The fraction of sp³-hybridized carbons (Fsp3) is 0.786. The lowest BCUT2D eigenvalue weighted by Crippen LogP contribution is -2.66. The maximum Gasteiger partial charge on any atom is 0.407 e.